The molecular formula is C10H15NO. The van der Waals surface area contributed by atoms with E-state index in [-0.39, 0.29) is 0 Å². The molecule has 2 nitrogen and oxygen atoms in total. The first kappa shape index (κ1) is 6.93. The predicted molar refractivity (Wildman–Crippen MR) is 45.4 cm³/mol. The molecule has 66 valence electrons. The zero-order chi connectivity index (χ0) is 8.46. The molecule has 3 rings (SSSR count). The van der Waals surface area contributed by atoms with Crippen molar-refractivity contribution in [1.82, 2.24) is 4.90 Å². The highest BCUT2D eigenvalue weighted by Gasteiger charge is 2.60. The molecule has 3 fully saturated rings. The van der Waals surface area contributed by atoms with Crippen LogP contribution in [0.4, 0.5) is 0 Å². The van der Waals surface area contributed by atoms with E-state index in [0.717, 1.165) is 17.8 Å². The Hall–Kier alpha value is -0.530. The van der Waals surface area contributed by atoms with Gasteiger partial charge in [-0.15, -0.1) is 0 Å². The summed E-state index contributed by atoms with van der Waals surface area (Å²) >= 11 is 0. The average molecular weight is 165 g/mol. The summed E-state index contributed by atoms with van der Waals surface area (Å²) in [6, 6.07) is 0.598. The molecule has 12 heavy (non-hydrogen) atoms. The first-order chi connectivity index (χ1) is 5.70. The van der Waals surface area contributed by atoms with Crippen molar-refractivity contribution in [1.29, 1.82) is 0 Å². The topological polar surface area (TPSA) is 20.3 Å². The fourth-order valence-electron chi connectivity index (χ4n) is 3.92. The maximum Gasteiger partial charge on any atom is 0.226 e. The van der Waals surface area contributed by atoms with Gasteiger partial charge in [-0.05, 0) is 30.6 Å². The Morgan fingerprint density at radius 3 is 2.75 bits per heavy atom. The molecule has 2 aliphatic carbocycles. The van der Waals surface area contributed by atoms with Crippen LogP contribution in [0.2, 0.25) is 0 Å². The Morgan fingerprint density at radius 2 is 2.17 bits per heavy atom. The molecule has 1 amide bonds. The number of amides is 1. The normalized spacial score (nSPS) is 55.7. The van der Waals surface area contributed by atoms with Crippen LogP contribution in [0.25, 0.3) is 0 Å². The van der Waals surface area contributed by atoms with Crippen molar-refractivity contribution in [3.8, 4) is 0 Å². The maximum atomic E-state index is 11.7. The van der Waals surface area contributed by atoms with Crippen LogP contribution in [-0.4, -0.2) is 23.9 Å². The number of nitrogens with zero attached hydrogens (tertiary/aromatic N) is 1. The number of carbonyl (C=O) groups excluding carboxylic acids is 1. The first-order valence-corrected chi connectivity index (χ1v) is 4.97. The lowest BCUT2D eigenvalue weighted by Gasteiger charge is -2.26. The van der Waals surface area contributed by atoms with Gasteiger partial charge in [0.25, 0.3) is 0 Å². The van der Waals surface area contributed by atoms with E-state index in [1.807, 2.05) is 11.9 Å². The monoisotopic (exact) mass is 165 g/mol. The highest BCUT2D eigenvalue weighted by molar-refractivity contribution is 5.83. The van der Waals surface area contributed by atoms with E-state index in [1.54, 1.807) is 0 Å². The number of fused-ring (bicyclic) bond motifs is 1. The van der Waals surface area contributed by atoms with E-state index in [1.165, 1.54) is 12.8 Å². The molecule has 5 atom stereocenters. The van der Waals surface area contributed by atoms with Crippen LogP contribution < -0.4 is 0 Å². The minimum Gasteiger partial charge on any atom is -0.342 e. The fourth-order valence-corrected chi connectivity index (χ4v) is 3.92. The molecule has 5 unspecified atom stereocenters. The Morgan fingerprint density at radius 1 is 1.42 bits per heavy atom. The van der Waals surface area contributed by atoms with Crippen molar-refractivity contribution in [2.24, 2.45) is 23.7 Å². The first-order valence-electron chi connectivity index (χ1n) is 4.97. The number of carbonyl (C=O) groups is 1. The second-order valence-corrected chi connectivity index (χ2v) is 4.80. The van der Waals surface area contributed by atoms with Crippen LogP contribution in [0.5, 0.6) is 0 Å². The Bertz CT molecular complexity index is 250. The third kappa shape index (κ3) is 0.540. The molecule has 3 aliphatic rings. The quantitative estimate of drug-likeness (QED) is 0.526. The van der Waals surface area contributed by atoms with Gasteiger partial charge in [-0.3, -0.25) is 4.79 Å². The molecule has 1 aliphatic heterocycles. The average Bonchev–Trinajstić information content (AvgIpc) is 2.62. The van der Waals surface area contributed by atoms with Gasteiger partial charge in [-0.25, -0.2) is 0 Å². The van der Waals surface area contributed by atoms with Crippen LogP contribution in [0.1, 0.15) is 19.8 Å². The summed E-state index contributed by atoms with van der Waals surface area (Å²) in [5.74, 6) is 3.20. The van der Waals surface area contributed by atoms with Crippen molar-refractivity contribution >= 4 is 5.91 Å². The van der Waals surface area contributed by atoms with Crippen molar-refractivity contribution in [2.75, 3.05) is 7.05 Å². The van der Waals surface area contributed by atoms with Gasteiger partial charge in [-0.2, -0.15) is 0 Å². The summed E-state index contributed by atoms with van der Waals surface area (Å²) in [4.78, 5) is 13.7. The molecule has 0 radical (unpaired) electrons. The lowest BCUT2D eigenvalue weighted by atomic mass is 9.83. The van der Waals surface area contributed by atoms with Gasteiger partial charge in [0.05, 0.1) is 0 Å². The molecule has 2 heteroatoms. The highest BCUT2D eigenvalue weighted by atomic mass is 16.2. The molecule has 0 aromatic carbocycles. The van der Waals surface area contributed by atoms with E-state index in [9.17, 15) is 4.79 Å². The summed E-state index contributed by atoms with van der Waals surface area (Å²) in [6.07, 6.45) is 2.51. The smallest absolute Gasteiger partial charge is 0.226 e. The van der Waals surface area contributed by atoms with Crippen molar-refractivity contribution < 1.29 is 4.79 Å². The second-order valence-electron chi connectivity index (χ2n) is 4.80. The second kappa shape index (κ2) is 1.86. The lowest BCUT2D eigenvalue weighted by Crippen LogP contribution is -2.34. The standard InChI is InChI=1S/C10H15NO/c1-5-6-3-7-8(4-6)10(12)11(2)9(5)7/h5-9H,3-4H2,1-2H3. The Balaban J connectivity index is 2.06. The Labute approximate surface area is 72.9 Å². The maximum absolute atomic E-state index is 11.7. The lowest BCUT2D eigenvalue weighted by molar-refractivity contribution is -0.130. The van der Waals surface area contributed by atoms with Gasteiger partial charge >= 0.3 is 0 Å². The molecule has 0 aromatic rings. The minimum atomic E-state index is 0.418. The van der Waals surface area contributed by atoms with Gasteiger partial charge in [-0.1, -0.05) is 6.92 Å². The zero-order valence-corrected chi connectivity index (χ0v) is 7.66. The number of rotatable bonds is 0. The minimum absolute atomic E-state index is 0.418. The molecule has 2 saturated carbocycles. The SMILES string of the molecule is CC1C2CC3C(=O)N(C)C1C3C2. The van der Waals surface area contributed by atoms with Crippen LogP contribution in [0, 0.1) is 23.7 Å². The number of likely N-dealkylation sites (tertiary alicyclic amines) is 1. The van der Waals surface area contributed by atoms with E-state index in [4.69, 9.17) is 0 Å². The summed E-state index contributed by atoms with van der Waals surface area (Å²) in [7, 11) is 1.99. The Kier molecular flexibility index (Phi) is 1.07. The van der Waals surface area contributed by atoms with Crippen molar-refractivity contribution in [3.63, 3.8) is 0 Å². The van der Waals surface area contributed by atoms with E-state index in [2.05, 4.69) is 6.92 Å². The highest BCUT2D eigenvalue weighted by Crippen LogP contribution is 2.57. The molecule has 1 heterocycles. The van der Waals surface area contributed by atoms with Gasteiger partial charge in [0, 0.05) is 19.0 Å². The molecule has 0 N–H and O–H groups in total. The summed E-state index contributed by atoms with van der Waals surface area (Å²) in [5, 5.41) is 0. The van der Waals surface area contributed by atoms with E-state index >= 15 is 0 Å². The van der Waals surface area contributed by atoms with E-state index in [0.29, 0.717) is 17.9 Å². The van der Waals surface area contributed by atoms with Crippen molar-refractivity contribution in [2.45, 2.75) is 25.8 Å². The molecular weight excluding hydrogens is 150 g/mol. The largest absolute Gasteiger partial charge is 0.342 e. The summed E-state index contributed by atoms with van der Waals surface area (Å²) in [5.41, 5.74) is 0. The third-order valence-electron chi connectivity index (χ3n) is 4.48. The third-order valence-corrected chi connectivity index (χ3v) is 4.48. The van der Waals surface area contributed by atoms with Crippen molar-refractivity contribution in [3.05, 3.63) is 0 Å². The summed E-state index contributed by atoms with van der Waals surface area (Å²) in [6.45, 7) is 2.32. The van der Waals surface area contributed by atoms with Crippen LogP contribution >= 0.6 is 0 Å². The summed E-state index contributed by atoms with van der Waals surface area (Å²) < 4.78 is 0. The zero-order valence-electron chi connectivity index (χ0n) is 7.66. The molecule has 0 spiro atoms. The van der Waals surface area contributed by atoms with Gasteiger partial charge in [0.1, 0.15) is 0 Å². The molecule has 0 aromatic heterocycles. The van der Waals surface area contributed by atoms with Gasteiger partial charge < -0.3 is 4.90 Å². The van der Waals surface area contributed by atoms with Crippen LogP contribution in [0.3, 0.4) is 0 Å². The fraction of sp³-hybridized carbons (Fsp3) is 0.900. The van der Waals surface area contributed by atoms with Gasteiger partial charge in [0.2, 0.25) is 5.91 Å². The number of hydrogen-bond acceptors (Lipinski definition) is 1. The van der Waals surface area contributed by atoms with Gasteiger partial charge in [0.15, 0.2) is 0 Å². The predicted octanol–water partition coefficient (Wildman–Crippen LogP) is 1.12. The number of hydrogen-bond donors (Lipinski definition) is 0. The van der Waals surface area contributed by atoms with Crippen LogP contribution in [-0.2, 0) is 4.79 Å². The molecule has 1 saturated heterocycles. The van der Waals surface area contributed by atoms with Crippen LogP contribution in [0.15, 0.2) is 0 Å². The molecule has 2 bridgehead atoms. The van der Waals surface area contributed by atoms with E-state index < -0.39 is 0 Å².